The van der Waals surface area contributed by atoms with Crippen LogP contribution in [-0.4, -0.2) is 25.4 Å². The van der Waals surface area contributed by atoms with Crippen LogP contribution in [0.25, 0.3) is 0 Å². The number of benzene rings is 1. The maximum atomic E-state index is 9.30. The molecule has 1 aromatic rings. The number of nitrogens with zero attached hydrogens (tertiary/aromatic N) is 1. The van der Waals surface area contributed by atoms with Gasteiger partial charge >= 0.3 is 0 Å². The van der Waals surface area contributed by atoms with Gasteiger partial charge in [0.25, 0.3) is 0 Å². The fourth-order valence-corrected chi connectivity index (χ4v) is 3.50. The van der Waals surface area contributed by atoms with Crippen molar-refractivity contribution in [2.75, 3.05) is 24.7 Å². The van der Waals surface area contributed by atoms with Crippen LogP contribution in [-0.2, 0) is 0 Å². The van der Waals surface area contributed by atoms with Crippen LogP contribution in [0.5, 0.6) is 0 Å². The van der Waals surface area contributed by atoms with E-state index in [2.05, 4.69) is 16.7 Å². The monoisotopic (exact) mass is 303 g/mol. The van der Waals surface area contributed by atoms with E-state index >= 15 is 0 Å². The Morgan fingerprint density at radius 1 is 1.19 bits per heavy atom. The second kappa shape index (κ2) is 8.96. The Balaban J connectivity index is 1.79. The number of hydrogen-bond acceptors (Lipinski definition) is 4. The van der Waals surface area contributed by atoms with Crippen molar-refractivity contribution in [3.05, 3.63) is 23.8 Å². The topological polar surface area (TPSA) is 47.8 Å². The largest absolute Gasteiger partial charge is 0.383 e. The van der Waals surface area contributed by atoms with Crippen molar-refractivity contribution in [2.24, 2.45) is 0 Å². The third kappa shape index (κ3) is 4.94. The van der Waals surface area contributed by atoms with Gasteiger partial charge in [0, 0.05) is 24.0 Å². The predicted octanol–water partition coefficient (Wildman–Crippen LogP) is 4.00. The van der Waals surface area contributed by atoms with Gasteiger partial charge in [0.05, 0.1) is 11.3 Å². The van der Waals surface area contributed by atoms with E-state index in [0.29, 0.717) is 6.04 Å². The molecule has 0 radical (unpaired) electrons. The minimum atomic E-state index is 0.683. The lowest BCUT2D eigenvalue weighted by molar-refractivity contribution is 0.468. The van der Waals surface area contributed by atoms with Gasteiger partial charge in [-0.25, -0.2) is 0 Å². The van der Waals surface area contributed by atoms with Crippen LogP contribution in [0.15, 0.2) is 23.1 Å². The van der Waals surface area contributed by atoms with Crippen LogP contribution < -0.4 is 10.6 Å². The number of anilines is 1. The van der Waals surface area contributed by atoms with Gasteiger partial charge < -0.3 is 10.6 Å². The van der Waals surface area contributed by atoms with E-state index in [9.17, 15) is 5.26 Å². The highest BCUT2D eigenvalue weighted by Crippen LogP contribution is 2.26. The molecular weight excluding hydrogens is 278 g/mol. The first-order valence-electron chi connectivity index (χ1n) is 7.89. The molecule has 1 aliphatic rings. The zero-order valence-corrected chi connectivity index (χ0v) is 13.6. The summed E-state index contributed by atoms with van der Waals surface area (Å²) in [6.07, 6.45) is 10.1. The molecule has 0 saturated heterocycles. The Bertz CT molecular complexity index is 473. The van der Waals surface area contributed by atoms with Crippen LogP contribution >= 0.6 is 11.8 Å². The molecule has 3 nitrogen and oxygen atoms in total. The highest BCUT2D eigenvalue weighted by atomic mass is 32.2. The average molecular weight is 303 g/mol. The number of hydrogen-bond donors (Lipinski definition) is 2. The highest BCUT2D eigenvalue weighted by molar-refractivity contribution is 7.98. The number of rotatable bonds is 6. The van der Waals surface area contributed by atoms with Gasteiger partial charge in [0.2, 0.25) is 0 Å². The third-order valence-electron chi connectivity index (χ3n) is 4.09. The Kier molecular flexibility index (Phi) is 6.91. The summed E-state index contributed by atoms with van der Waals surface area (Å²) >= 11 is 1.62. The first-order chi connectivity index (χ1) is 10.3. The minimum absolute atomic E-state index is 0.683. The molecule has 0 atom stereocenters. The normalized spacial score (nSPS) is 16.2. The predicted molar refractivity (Wildman–Crippen MR) is 90.9 cm³/mol. The van der Waals surface area contributed by atoms with Crippen molar-refractivity contribution in [3.8, 4) is 6.07 Å². The van der Waals surface area contributed by atoms with Gasteiger partial charge in [-0.1, -0.05) is 31.7 Å². The van der Waals surface area contributed by atoms with Crippen LogP contribution in [0.4, 0.5) is 5.69 Å². The zero-order valence-electron chi connectivity index (χ0n) is 12.8. The number of nitrogens with one attached hydrogen (secondary N) is 2. The van der Waals surface area contributed by atoms with Crippen molar-refractivity contribution < 1.29 is 0 Å². The quantitative estimate of drug-likeness (QED) is 0.474. The third-order valence-corrected chi connectivity index (χ3v) is 4.87. The molecule has 2 rings (SSSR count). The highest BCUT2D eigenvalue weighted by Gasteiger charge is 2.11. The van der Waals surface area contributed by atoms with Crippen molar-refractivity contribution in [3.63, 3.8) is 0 Å². The lowest BCUT2D eigenvalue weighted by Gasteiger charge is -2.17. The molecule has 0 bridgehead atoms. The SMILES string of the molecule is CSc1cccc(NCCNC2CCCCCC2)c1C#N. The second-order valence-corrected chi connectivity index (χ2v) is 6.41. The van der Waals surface area contributed by atoms with E-state index in [1.807, 2.05) is 24.5 Å². The van der Waals surface area contributed by atoms with Crippen molar-refractivity contribution >= 4 is 17.4 Å². The molecule has 1 saturated carbocycles. The van der Waals surface area contributed by atoms with Crippen molar-refractivity contribution in [2.45, 2.75) is 49.5 Å². The molecule has 1 aliphatic carbocycles. The second-order valence-electron chi connectivity index (χ2n) is 5.56. The molecule has 0 aliphatic heterocycles. The maximum Gasteiger partial charge on any atom is 0.102 e. The Morgan fingerprint density at radius 3 is 2.62 bits per heavy atom. The summed E-state index contributed by atoms with van der Waals surface area (Å²) in [6.45, 7) is 1.82. The first kappa shape index (κ1) is 16.2. The van der Waals surface area contributed by atoms with Gasteiger partial charge in [-0.15, -0.1) is 11.8 Å². The summed E-state index contributed by atoms with van der Waals surface area (Å²) in [5.41, 5.74) is 1.71. The standard InChI is InChI=1S/C17H25N3S/c1-21-17-10-6-9-16(15(17)13-18)20-12-11-19-14-7-4-2-3-5-8-14/h6,9-10,14,19-20H,2-5,7-8,11-12H2,1H3. The fourth-order valence-electron chi connectivity index (χ4n) is 2.92. The molecule has 4 heteroatoms. The van der Waals surface area contributed by atoms with Gasteiger partial charge in [0.1, 0.15) is 6.07 Å². The van der Waals surface area contributed by atoms with E-state index < -0.39 is 0 Å². The molecule has 114 valence electrons. The first-order valence-corrected chi connectivity index (χ1v) is 9.12. The van der Waals surface area contributed by atoms with Crippen LogP contribution in [0.1, 0.15) is 44.1 Å². The maximum absolute atomic E-state index is 9.30. The Labute approximate surface area is 132 Å². The molecule has 1 aromatic carbocycles. The number of nitriles is 1. The summed E-state index contributed by atoms with van der Waals surface area (Å²) in [5.74, 6) is 0. The van der Waals surface area contributed by atoms with Gasteiger partial charge in [-0.05, 0) is 31.2 Å². The molecular formula is C17H25N3S. The van der Waals surface area contributed by atoms with E-state index in [1.54, 1.807) is 11.8 Å². The van der Waals surface area contributed by atoms with Crippen LogP contribution in [0, 0.1) is 11.3 Å². The van der Waals surface area contributed by atoms with E-state index in [4.69, 9.17) is 0 Å². The summed E-state index contributed by atoms with van der Waals surface area (Å²) in [6, 6.07) is 8.99. The molecule has 2 N–H and O–H groups in total. The Hall–Kier alpha value is -1.18. The van der Waals surface area contributed by atoms with Gasteiger partial charge in [-0.2, -0.15) is 5.26 Å². The van der Waals surface area contributed by atoms with Gasteiger partial charge in [-0.3, -0.25) is 0 Å². The van der Waals surface area contributed by atoms with Gasteiger partial charge in [0.15, 0.2) is 0 Å². The molecule has 0 spiro atoms. The van der Waals surface area contributed by atoms with Crippen LogP contribution in [0.2, 0.25) is 0 Å². The molecule has 21 heavy (non-hydrogen) atoms. The summed E-state index contributed by atoms with van der Waals surface area (Å²) < 4.78 is 0. The summed E-state index contributed by atoms with van der Waals surface area (Å²) in [7, 11) is 0. The smallest absolute Gasteiger partial charge is 0.102 e. The average Bonchev–Trinajstić information content (AvgIpc) is 2.79. The van der Waals surface area contributed by atoms with E-state index in [0.717, 1.165) is 29.2 Å². The van der Waals surface area contributed by atoms with Crippen molar-refractivity contribution in [1.82, 2.24) is 5.32 Å². The summed E-state index contributed by atoms with van der Waals surface area (Å²) in [5, 5.41) is 16.3. The molecule has 0 heterocycles. The lowest BCUT2D eigenvalue weighted by Crippen LogP contribution is -2.32. The molecule has 0 aromatic heterocycles. The molecule has 1 fully saturated rings. The minimum Gasteiger partial charge on any atom is -0.383 e. The molecule has 0 amide bonds. The zero-order chi connectivity index (χ0) is 14.9. The fraction of sp³-hybridized carbons (Fsp3) is 0.588. The van der Waals surface area contributed by atoms with E-state index in [1.165, 1.54) is 38.5 Å². The Morgan fingerprint density at radius 2 is 1.95 bits per heavy atom. The number of thioether (sulfide) groups is 1. The van der Waals surface area contributed by atoms with Crippen molar-refractivity contribution in [1.29, 1.82) is 5.26 Å². The van der Waals surface area contributed by atoms with E-state index in [-0.39, 0.29) is 0 Å². The summed E-state index contributed by atoms with van der Waals surface area (Å²) in [4.78, 5) is 1.04. The molecule has 0 unspecified atom stereocenters. The van der Waals surface area contributed by atoms with Crippen LogP contribution in [0.3, 0.4) is 0 Å². The lowest BCUT2D eigenvalue weighted by atomic mass is 10.1.